The van der Waals surface area contributed by atoms with Crippen LogP contribution in [-0.2, 0) is 16.0 Å². The molecule has 2 aromatic rings. The van der Waals surface area contributed by atoms with Crippen molar-refractivity contribution in [3.8, 4) is 0 Å². The third-order valence-electron chi connectivity index (χ3n) is 3.31. The Kier molecular flexibility index (Phi) is 6.17. The summed E-state index contributed by atoms with van der Waals surface area (Å²) in [5, 5.41) is 3.24. The molecule has 24 heavy (non-hydrogen) atoms. The number of aryl methyl sites for hydroxylation is 1. The number of benzene rings is 2. The fourth-order valence-electron chi connectivity index (χ4n) is 2.07. The Hall–Kier alpha value is -2.11. The Morgan fingerprint density at radius 1 is 1.21 bits per heavy atom. The van der Waals surface area contributed by atoms with Crippen LogP contribution in [0, 0.1) is 5.82 Å². The molecule has 0 aliphatic rings. The number of carbonyl (C=O) groups excluding carboxylic acids is 2. The first kappa shape index (κ1) is 18.2. The first-order chi connectivity index (χ1) is 11.4. The van der Waals surface area contributed by atoms with Crippen molar-refractivity contribution in [2.45, 2.75) is 12.8 Å². The summed E-state index contributed by atoms with van der Waals surface area (Å²) in [6.07, 6.45) is 0.436. The van der Waals surface area contributed by atoms with Crippen molar-refractivity contribution < 1.29 is 18.7 Å². The van der Waals surface area contributed by atoms with Gasteiger partial charge in [0.2, 0.25) is 5.91 Å². The van der Waals surface area contributed by atoms with Gasteiger partial charge in [0.05, 0.1) is 28.4 Å². The highest BCUT2D eigenvalue weighted by Crippen LogP contribution is 2.26. The van der Waals surface area contributed by atoms with Crippen LogP contribution >= 0.6 is 23.2 Å². The van der Waals surface area contributed by atoms with Crippen molar-refractivity contribution in [3.63, 3.8) is 0 Å². The average molecular weight is 370 g/mol. The molecule has 0 saturated carbocycles. The van der Waals surface area contributed by atoms with Crippen LogP contribution in [0.25, 0.3) is 0 Å². The highest BCUT2D eigenvalue weighted by molar-refractivity contribution is 6.42. The van der Waals surface area contributed by atoms with Gasteiger partial charge >= 0.3 is 5.97 Å². The van der Waals surface area contributed by atoms with Crippen molar-refractivity contribution in [2.75, 3.05) is 12.4 Å². The lowest BCUT2D eigenvalue weighted by molar-refractivity contribution is -0.116. The minimum absolute atomic E-state index is 0.0832. The molecule has 0 spiro atoms. The molecule has 0 radical (unpaired) electrons. The highest BCUT2D eigenvalue weighted by Gasteiger charge is 2.13. The maximum Gasteiger partial charge on any atom is 0.337 e. The number of amides is 1. The Balaban J connectivity index is 2.04. The molecule has 0 heterocycles. The Morgan fingerprint density at radius 3 is 2.67 bits per heavy atom. The van der Waals surface area contributed by atoms with E-state index in [1.165, 1.54) is 19.2 Å². The third kappa shape index (κ3) is 4.46. The SMILES string of the molecule is COC(=O)c1ccc(F)c(NC(=O)CCc2cccc(Cl)c2Cl)c1. The van der Waals surface area contributed by atoms with Gasteiger partial charge < -0.3 is 10.1 Å². The lowest BCUT2D eigenvalue weighted by Gasteiger charge is -2.09. The van der Waals surface area contributed by atoms with Gasteiger partial charge in [-0.3, -0.25) is 4.79 Å². The molecular formula is C17H14Cl2FNO3. The minimum atomic E-state index is -0.642. The number of hydrogen-bond acceptors (Lipinski definition) is 3. The second kappa shape index (κ2) is 8.13. The second-order valence-electron chi connectivity index (χ2n) is 4.95. The van der Waals surface area contributed by atoms with Crippen LogP contribution in [-0.4, -0.2) is 19.0 Å². The van der Waals surface area contributed by atoms with Gasteiger partial charge in [-0.25, -0.2) is 9.18 Å². The molecule has 4 nitrogen and oxygen atoms in total. The Bertz CT molecular complexity index is 780. The molecule has 0 aliphatic heterocycles. The van der Waals surface area contributed by atoms with E-state index in [-0.39, 0.29) is 17.7 Å². The molecule has 2 rings (SSSR count). The number of anilines is 1. The maximum absolute atomic E-state index is 13.8. The van der Waals surface area contributed by atoms with Crippen molar-refractivity contribution in [1.29, 1.82) is 0 Å². The van der Waals surface area contributed by atoms with E-state index in [0.717, 1.165) is 11.6 Å². The van der Waals surface area contributed by atoms with Gasteiger partial charge in [-0.05, 0) is 36.2 Å². The first-order valence-corrected chi connectivity index (χ1v) is 7.78. The van der Waals surface area contributed by atoms with E-state index < -0.39 is 17.7 Å². The normalized spacial score (nSPS) is 10.3. The zero-order valence-corrected chi connectivity index (χ0v) is 14.2. The van der Waals surface area contributed by atoms with Crippen LogP contribution in [0.1, 0.15) is 22.3 Å². The quantitative estimate of drug-likeness (QED) is 0.789. The summed E-state index contributed by atoms with van der Waals surface area (Å²) < 4.78 is 18.3. The van der Waals surface area contributed by atoms with E-state index >= 15 is 0 Å². The molecule has 2 aromatic carbocycles. The maximum atomic E-state index is 13.8. The number of methoxy groups -OCH3 is 1. The van der Waals surface area contributed by atoms with Gasteiger partial charge in [0.25, 0.3) is 0 Å². The summed E-state index contributed by atoms with van der Waals surface area (Å²) in [6, 6.07) is 8.76. The zero-order chi connectivity index (χ0) is 17.7. The topological polar surface area (TPSA) is 55.4 Å². The van der Waals surface area contributed by atoms with Crippen LogP contribution in [0.3, 0.4) is 0 Å². The summed E-state index contributed by atoms with van der Waals surface area (Å²) in [5.41, 5.74) is 0.787. The summed E-state index contributed by atoms with van der Waals surface area (Å²) in [5.74, 6) is -1.67. The fourth-order valence-corrected chi connectivity index (χ4v) is 2.48. The lowest BCUT2D eigenvalue weighted by Crippen LogP contribution is -2.14. The van der Waals surface area contributed by atoms with Crippen molar-refractivity contribution >= 4 is 40.8 Å². The number of ether oxygens (including phenoxy) is 1. The molecule has 126 valence electrons. The molecule has 1 amide bonds. The zero-order valence-electron chi connectivity index (χ0n) is 12.7. The van der Waals surface area contributed by atoms with Crippen molar-refractivity contribution in [1.82, 2.24) is 0 Å². The third-order valence-corrected chi connectivity index (χ3v) is 4.17. The number of nitrogens with one attached hydrogen (secondary N) is 1. The smallest absolute Gasteiger partial charge is 0.337 e. The number of hydrogen-bond donors (Lipinski definition) is 1. The summed E-state index contributed by atoms with van der Waals surface area (Å²) in [4.78, 5) is 23.5. The molecule has 0 unspecified atom stereocenters. The summed E-state index contributed by atoms with van der Waals surface area (Å²) in [6.45, 7) is 0. The van der Waals surface area contributed by atoms with Crippen LogP contribution in [0.15, 0.2) is 36.4 Å². The van der Waals surface area contributed by atoms with E-state index in [0.29, 0.717) is 16.5 Å². The largest absolute Gasteiger partial charge is 0.465 e. The van der Waals surface area contributed by atoms with Gasteiger partial charge in [-0.15, -0.1) is 0 Å². The standard InChI is InChI=1S/C17H14Cl2FNO3/c1-24-17(23)11-5-7-13(20)14(9-11)21-15(22)8-6-10-3-2-4-12(18)16(10)19/h2-5,7,9H,6,8H2,1H3,(H,21,22). The molecule has 0 fully saturated rings. The highest BCUT2D eigenvalue weighted by atomic mass is 35.5. The molecule has 0 atom stereocenters. The van der Waals surface area contributed by atoms with Crippen LogP contribution < -0.4 is 5.32 Å². The van der Waals surface area contributed by atoms with Crippen LogP contribution in [0.2, 0.25) is 10.0 Å². The second-order valence-corrected chi connectivity index (χ2v) is 5.73. The van der Waals surface area contributed by atoms with Gasteiger partial charge in [0, 0.05) is 6.42 Å². The molecule has 0 bridgehead atoms. The summed E-state index contributed by atoms with van der Waals surface area (Å²) >= 11 is 12.0. The van der Waals surface area contributed by atoms with E-state index in [9.17, 15) is 14.0 Å². The molecule has 1 N–H and O–H groups in total. The van der Waals surface area contributed by atoms with Crippen molar-refractivity contribution in [2.24, 2.45) is 0 Å². The van der Waals surface area contributed by atoms with Crippen LogP contribution in [0.4, 0.5) is 10.1 Å². The predicted octanol–water partition coefficient (Wildman–Crippen LogP) is 4.49. The van der Waals surface area contributed by atoms with Crippen molar-refractivity contribution in [3.05, 3.63) is 63.4 Å². The van der Waals surface area contributed by atoms with Crippen LogP contribution in [0.5, 0.6) is 0 Å². The average Bonchev–Trinajstić information content (AvgIpc) is 2.57. The van der Waals surface area contributed by atoms with Gasteiger partial charge in [0.15, 0.2) is 0 Å². The monoisotopic (exact) mass is 369 g/mol. The Labute approximate surface area is 148 Å². The van der Waals surface area contributed by atoms with Gasteiger partial charge in [-0.2, -0.15) is 0 Å². The van der Waals surface area contributed by atoms with E-state index in [1.54, 1.807) is 18.2 Å². The molecule has 7 heteroatoms. The number of carbonyl (C=O) groups is 2. The van der Waals surface area contributed by atoms with E-state index in [2.05, 4.69) is 10.1 Å². The predicted molar refractivity (Wildman–Crippen MR) is 91.2 cm³/mol. The fraction of sp³-hybridized carbons (Fsp3) is 0.176. The number of halogens is 3. The number of esters is 1. The Morgan fingerprint density at radius 2 is 1.96 bits per heavy atom. The molecule has 0 aliphatic carbocycles. The van der Waals surface area contributed by atoms with Gasteiger partial charge in [0.1, 0.15) is 5.82 Å². The first-order valence-electron chi connectivity index (χ1n) is 7.03. The minimum Gasteiger partial charge on any atom is -0.465 e. The molecule has 0 aromatic heterocycles. The van der Waals surface area contributed by atoms with E-state index in [4.69, 9.17) is 23.2 Å². The summed E-state index contributed by atoms with van der Waals surface area (Å²) in [7, 11) is 1.22. The lowest BCUT2D eigenvalue weighted by atomic mass is 10.1. The number of rotatable bonds is 5. The van der Waals surface area contributed by atoms with Gasteiger partial charge in [-0.1, -0.05) is 35.3 Å². The van der Waals surface area contributed by atoms with E-state index in [1.807, 2.05) is 0 Å². The molecule has 0 saturated heterocycles. The molecular weight excluding hydrogens is 356 g/mol.